The van der Waals surface area contributed by atoms with Gasteiger partial charge in [0.15, 0.2) is 5.78 Å². The van der Waals surface area contributed by atoms with Gasteiger partial charge in [-0.2, -0.15) is 0 Å². The number of carbonyl (C=O) groups is 3. The summed E-state index contributed by atoms with van der Waals surface area (Å²) >= 11 is 1.30. The highest BCUT2D eigenvalue weighted by atomic mass is 32.1. The van der Waals surface area contributed by atoms with Crippen LogP contribution >= 0.6 is 11.3 Å². The number of ketones is 2. The summed E-state index contributed by atoms with van der Waals surface area (Å²) in [6.45, 7) is 5.67. The molecule has 114 valence electrons. The first-order chi connectivity index (χ1) is 9.78. The summed E-state index contributed by atoms with van der Waals surface area (Å²) in [6, 6.07) is 0. The van der Waals surface area contributed by atoms with Crippen molar-refractivity contribution < 1.29 is 19.1 Å². The van der Waals surface area contributed by atoms with Gasteiger partial charge < -0.3 is 9.64 Å². The van der Waals surface area contributed by atoms with Crippen molar-refractivity contribution in [2.75, 3.05) is 13.1 Å². The third-order valence-corrected chi connectivity index (χ3v) is 3.66. The van der Waals surface area contributed by atoms with Crippen LogP contribution in [0.4, 0.5) is 4.79 Å². The Morgan fingerprint density at radius 3 is 2.71 bits per heavy atom. The van der Waals surface area contributed by atoms with Crippen LogP contribution in [0, 0.1) is 5.92 Å². The van der Waals surface area contributed by atoms with E-state index in [2.05, 4.69) is 4.98 Å². The van der Waals surface area contributed by atoms with Crippen molar-refractivity contribution in [3.05, 3.63) is 16.6 Å². The molecule has 1 atom stereocenters. The number of piperidine rings is 1. The monoisotopic (exact) mass is 310 g/mol. The molecule has 0 bridgehead atoms. The Morgan fingerprint density at radius 1 is 1.43 bits per heavy atom. The summed E-state index contributed by atoms with van der Waals surface area (Å²) in [4.78, 5) is 41.6. The molecule has 1 aliphatic heterocycles. The molecule has 7 heteroatoms. The molecule has 1 saturated heterocycles. The van der Waals surface area contributed by atoms with Crippen LogP contribution in [-0.2, 0) is 9.53 Å². The van der Waals surface area contributed by atoms with Crippen LogP contribution in [0.2, 0.25) is 0 Å². The van der Waals surface area contributed by atoms with Gasteiger partial charge >= 0.3 is 6.09 Å². The fourth-order valence-electron chi connectivity index (χ4n) is 2.07. The Bertz CT molecular complexity index is 548. The normalized spacial score (nSPS) is 19.5. The first-order valence-corrected chi connectivity index (χ1v) is 7.65. The molecule has 1 unspecified atom stereocenters. The lowest BCUT2D eigenvalue weighted by atomic mass is 9.91. The second-order valence-corrected chi connectivity index (χ2v) is 6.65. The molecule has 0 saturated carbocycles. The van der Waals surface area contributed by atoms with Gasteiger partial charge in [0.1, 0.15) is 23.0 Å². The van der Waals surface area contributed by atoms with Crippen LogP contribution in [0.25, 0.3) is 0 Å². The number of hydrogen-bond acceptors (Lipinski definition) is 6. The Kier molecular flexibility index (Phi) is 4.41. The highest BCUT2D eigenvalue weighted by molar-refractivity contribution is 7.07. The predicted molar refractivity (Wildman–Crippen MR) is 77.4 cm³/mol. The van der Waals surface area contributed by atoms with Crippen molar-refractivity contribution in [1.29, 1.82) is 0 Å². The summed E-state index contributed by atoms with van der Waals surface area (Å²) < 4.78 is 5.28. The molecular formula is C14H18N2O4S. The second-order valence-electron chi connectivity index (χ2n) is 5.93. The number of ether oxygens (including phenoxy) is 1. The summed E-state index contributed by atoms with van der Waals surface area (Å²) in [5.41, 5.74) is 1.23. The fourth-order valence-corrected chi connectivity index (χ4v) is 2.61. The minimum atomic E-state index is -0.839. The van der Waals surface area contributed by atoms with E-state index in [1.165, 1.54) is 16.2 Å². The average molecular weight is 310 g/mol. The van der Waals surface area contributed by atoms with E-state index in [1.54, 1.807) is 31.7 Å². The molecule has 21 heavy (non-hydrogen) atoms. The smallest absolute Gasteiger partial charge is 0.410 e. The standard InChI is InChI=1S/C14H18N2O4S/c1-14(2,3)20-13(19)16-5-4-11(17)9(6-16)12(18)10-7-21-8-15-10/h7-9H,4-6H2,1-3H3. The molecule has 0 aromatic carbocycles. The minimum absolute atomic E-state index is 0.0596. The van der Waals surface area contributed by atoms with Gasteiger partial charge in [-0.15, -0.1) is 11.3 Å². The molecule has 1 aliphatic rings. The molecule has 0 N–H and O–H groups in total. The van der Waals surface area contributed by atoms with Crippen molar-refractivity contribution >= 4 is 29.0 Å². The highest BCUT2D eigenvalue weighted by Crippen LogP contribution is 2.20. The Balaban J connectivity index is 2.07. The summed E-state index contributed by atoms with van der Waals surface area (Å²) in [5.74, 6) is -1.31. The van der Waals surface area contributed by atoms with Gasteiger partial charge in [0.25, 0.3) is 0 Å². The van der Waals surface area contributed by atoms with E-state index in [1.807, 2.05) is 0 Å². The van der Waals surface area contributed by atoms with Crippen LogP contribution in [0.5, 0.6) is 0 Å². The summed E-state index contributed by atoms with van der Waals surface area (Å²) in [6.07, 6.45) is -0.328. The molecule has 0 radical (unpaired) electrons. The van der Waals surface area contributed by atoms with Crippen LogP contribution in [0.15, 0.2) is 10.9 Å². The molecule has 1 amide bonds. The lowest BCUT2D eigenvalue weighted by Crippen LogP contribution is -2.48. The van der Waals surface area contributed by atoms with Gasteiger partial charge in [0.2, 0.25) is 0 Å². The van der Waals surface area contributed by atoms with E-state index in [0.717, 1.165) is 0 Å². The maximum Gasteiger partial charge on any atom is 0.410 e. The SMILES string of the molecule is CC(C)(C)OC(=O)N1CCC(=O)C(C(=O)c2cscn2)C1. The minimum Gasteiger partial charge on any atom is -0.444 e. The number of rotatable bonds is 2. The summed E-state index contributed by atoms with van der Waals surface area (Å²) in [5, 5.41) is 1.61. The van der Waals surface area contributed by atoms with Gasteiger partial charge in [0, 0.05) is 24.9 Å². The van der Waals surface area contributed by atoms with Crippen LogP contribution < -0.4 is 0 Å². The van der Waals surface area contributed by atoms with E-state index >= 15 is 0 Å². The zero-order valence-electron chi connectivity index (χ0n) is 12.3. The lowest BCUT2D eigenvalue weighted by molar-refractivity contribution is -0.124. The zero-order valence-corrected chi connectivity index (χ0v) is 13.1. The number of likely N-dealkylation sites (tertiary alicyclic amines) is 1. The fraction of sp³-hybridized carbons (Fsp3) is 0.571. The van der Waals surface area contributed by atoms with Crippen molar-refractivity contribution in [3.63, 3.8) is 0 Å². The largest absolute Gasteiger partial charge is 0.444 e. The van der Waals surface area contributed by atoms with Gasteiger partial charge in [-0.25, -0.2) is 9.78 Å². The van der Waals surface area contributed by atoms with Gasteiger partial charge in [0.05, 0.1) is 5.51 Å². The first-order valence-electron chi connectivity index (χ1n) is 6.71. The Morgan fingerprint density at radius 2 is 2.14 bits per heavy atom. The third kappa shape index (κ3) is 3.87. The molecule has 1 aromatic heterocycles. The average Bonchev–Trinajstić information content (AvgIpc) is 2.90. The predicted octanol–water partition coefficient (Wildman–Crippen LogP) is 2.15. The van der Waals surface area contributed by atoms with Gasteiger partial charge in [-0.05, 0) is 20.8 Å². The number of Topliss-reactive ketones (excluding diaryl/α,β-unsaturated/α-hetero) is 2. The van der Waals surface area contributed by atoms with Crippen molar-refractivity contribution in [1.82, 2.24) is 9.88 Å². The molecule has 1 aromatic rings. The molecule has 0 spiro atoms. The molecule has 1 fully saturated rings. The molecule has 2 rings (SSSR count). The highest BCUT2D eigenvalue weighted by Gasteiger charge is 2.37. The maximum absolute atomic E-state index is 12.3. The van der Waals surface area contributed by atoms with Crippen molar-refractivity contribution in [2.24, 2.45) is 5.92 Å². The number of carbonyl (C=O) groups excluding carboxylic acids is 3. The number of aromatic nitrogens is 1. The quantitative estimate of drug-likeness (QED) is 0.618. The second kappa shape index (κ2) is 5.93. The molecular weight excluding hydrogens is 292 g/mol. The third-order valence-electron chi connectivity index (χ3n) is 3.07. The number of thiazole rings is 1. The van der Waals surface area contributed by atoms with Gasteiger partial charge in [-0.3, -0.25) is 9.59 Å². The Labute approximate surface area is 127 Å². The van der Waals surface area contributed by atoms with Crippen molar-refractivity contribution in [2.45, 2.75) is 32.8 Å². The van der Waals surface area contributed by atoms with E-state index in [-0.39, 0.29) is 36.8 Å². The van der Waals surface area contributed by atoms with Crippen LogP contribution in [-0.4, -0.2) is 46.2 Å². The molecule has 6 nitrogen and oxygen atoms in total. The van der Waals surface area contributed by atoms with Crippen LogP contribution in [0.1, 0.15) is 37.7 Å². The van der Waals surface area contributed by atoms with E-state index in [9.17, 15) is 14.4 Å². The summed E-state index contributed by atoms with van der Waals surface area (Å²) in [7, 11) is 0. The topological polar surface area (TPSA) is 76.6 Å². The number of nitrogens with zero attached hydrogens (tertiary/aromatic N) is 2. The van der Waals surface area contributed by atoms with Crippen LogP contribution in [0.3, 0.4) is 0 Å². The molecule has 0 aliphatic carbocycles. The maximum atomic E-state index is 12.3. The van der Waals surface area contributed by atoms with Gasteiger partial charge in [-0.1, -0.05) is 0 Å². The lowest BCUT2D eigenvalue weighted by Gasteiger charge is -2.32. The van der Waals surface area contributed by atoms with E-state index in [0.29, 0.717) is 0 Å². The zero-order chi connectivity index (χ0) is 15.6. The number of amides is 1. The van der Waals surface area contributed by atoms with E-state index in [4.69, 9.17) is 4.74 Å². The van der Waals surface area contributed by atoms with Crippen molar-refractivity contribution in [3.8, 4) is 0 Å². The first kappa shape index (κ1) is 15.6. The molecule has 2 heterocycles. The Hall–Kier alpha value is -1.76. The number of hydrogen-bond donors (Lipinski definition) is 0. The van der Waals surface area contributed by atoms with E-state index < -0.39 is 17.6 Å².